The molecule has 0 saturated carbocycles. The molecule has 0 fully saturated rings. The number of benzene rings is 1. The molecule has 1 aliphatic rings. The second kappa shape index (κ2) is 5.13. The lowest BCUT2D eigenvalue weighted by atomic mass is 10.2. The van der Waals surface area contributed by atoms with Crippen LogP contribution in [-0.2, 0) is 0 Å². The van der Waals surface area contributed by atoms with Gasteiger partial charge in [0.05, 0.1) is 11.9 Å². The van der Waals surface area contributed by atoms with E-state index in [-0.39, 0.29) is 12.7 Å². The van der Waals surface area contributed by atoms with Crippen molar-refractivity contribution in [1.29, 1.82) is 0 Å². The van der Waals surface area contributed by atoms with Gasteiger partial charge in [0.25, 0.3) is 5.91 Å². The minimum absolute atomic E-state index is 0.191. The number of pyridine rings is 1. The average molecular weight is 335 g/mol. The van der Waals surface area contributed by atoms with Crippen molar-refractivity contribution in [3.8, 4) is 11.5 Å². The van der Waals surface area contributed by atoms with Gasteiger partial charge in [-0.1, -0.05) is 0 Å². The zero-order chi connectivity index (χ0) is 14.1. The first kappa shape index (κ1) is 12.9. The number of ether oxygens (including phenoxy) is 2. The Morgan fingerprint density at radius 3 is 2.90 bits per heavy atom. The molecule has 1 aliphatic heterocycles. The first-order valence-corrected chi connectivity index (χ1v) is 6.76. The number of aryl methyl sites for hydroxylation is 1. The summed E-state index contributed by atoms with van der Waals surface area (Å²) in [6, 6.07) is 6.93. The third-order valence-corrected chi connectivity index (χ3v) is 3.74. The lowest BCUT2D eigenvalue weighted by molar-refractivity contribution is 0.102. The van der Waals surface area contributed by atoms with Crippen molar-refractivity contribution in [2.75, 3.05) is 12.1 Å². The van der Waals surface area contributed by atoms with Crippen molar-refractivity contribution < 1.29 is 14.3 Å². The Morgan fingerprint density at radius 1 is 1.30 bits per heavy atom. The second-order valence-corrected chi connectivity index (χ2v) is 5.11. The van der Waals surface area contributed by atoms with E-state index < -0.39 is 0 Å². The van der Waals surface area contributed by atoms with E-state index in [4.69, 9.17) is 9.47 Å². The van der Waals surface area contributed by atoms with Gasteiger partial charge >= 0.3 is 0 Å². The Balaban J connectivity index is 1.80. The van der Waals surface area contributed by atoms with E-state index >= 15 is 0 Å². The Kier molecular flexibility index (Phi) is 3.31. The number of carbonyl (C=O) groups excluding carboxylic acids is 1. The van der Waals surface area contributed by atoms with Crippen LogP contribution >= 0.6 is 15.9 Å². The molecule has 1 aromatic heterocycles. The number of rotatable bonds is 2. The van der Waals surface area contributed by atoms with Gasteiger partial charge in [0.1, 0.15) is 4.60 Å². The van der Waals surface area contributed by atoms with E-state index in [1.807, 2.05) is 13.0 Å². The van der Waals surface area contributed by atoms with Gasteiger partial charge in [0.15, 0.2) is 11.5 Å². The molecule has 0 radical (unpaired) electrons. The molecule has 1 N–H and O–H groups in total. The smallest absolute Gasteiger partial charge is 0.255 e. The molecule has 0 atom stereocenters. The highest BCUT2D eigenvalue weighted by atomic mass is 79.9. The van der Waals surface area contributed by atoms with Crippen LogP contribution in [0.15, 0.2) is 35.1 Å². The quantitative estimate of drug-likeness (QED) is 0.857. The van der Waals surface area contributed by atoms with Gasteiger partial charge in [0.2, 0.25) is 6.79 Å². The van der Waals surface area contributed by atoms with Gasteiger partial charge in [-0.15, -0.1) is 0 Å². The molecule has 0 unspecified atom stereocenters. The zero-order valence-electron chi connectivity index (χ0n) is 10.6. The molecule has 1 aromatic carbocycles. The number of carbonyl (C=O) groups is 1. The molecule has 3 rings (SSSR count). The summed E-state index contributed by atoms with van der Waals surface area (Å²) < 4.78 is 11.2. The second-order valence-electron chi connectivity index (χ2n) is 4.35. The Bertz CT molecular complexity index is 688. The predicted octanol–water partition coefficient (Wildman–Crippen LogP) is 3.13. The van der Waals surface area contributed by atoms with Gasteiger partial charge in [-0.25, -0.2) is 4.98 Å². The fourth-order valence-corrected chi connectivity index (χ4v) is 2.08. The van der Waals surface area contributed by atoms with Crippen LogP contribution in [0.2, 0.25) is 0 Å². The molecule has 5 nitrogen and oxygen atoms in total. The molecular formula is C14H11BrN2O3. The van der Waals surface area contributed by atoms with Crippen LogP contribution in [0.3, 0.4) is 0 Å². The summed E-state index contributed by atoms with van der Waals surface area (Å²) in [4.78, 5) is 16.3. The fraction of sp³-hybridized carbons (Fsp3) is 0.143. The van der Waals surface area contributed by atoms with Crippen molar-refractivity contribution in [1.82, 2.24) is 4.98 Å². The summed E-state index contributed by atoms with van der Waals surface area (Å²) in [5.74, 6) is 1.03. The zero-order valence-corrected chi connectivity index (χ0v) is 12.2. The number of amides is 1. The Hall–Kier alpha value is -2.08. The number of halogens is 1. The molecule has 0 aliphatic carbocycles. The Morgan fingerprint density at radius 2 is 2.10 bits per heavy atom. The largest absolute Gasteiger partial charge is 0.454 e. The van der Waals surface area contributed by atoms with E-state index in [9.17, 15) is 4.79 Å². The number of hydrogen-bond acceptors (Lipinski definition) is 4. The van der Waals surface area contributed by atoms with Crippen molar-refractivity contribution in [3.63, 3.8) is 0 Å². The van der Waals surface area contributed by atoms with Crippen LogP contribution in [0.25, 0.3) is 0 Å². The van der Waals surface area contributed by atoms with Crippen LogP contribution in [0.4, 0.5) is 5.69 Å². The van der Waals surface area contributed by atoms with Gasteiger partial charge in [-0.2, -0.15) is 0 Å². The minimum atomic E-state index is -0.216. The summed E-state index contributed by atoms with van der Waals surface area (Å²) in [6.07, 6.45) is 1.60. The van der Waals surface area contributed by atoms with Crippen molar-refractivity contribution >= 4 is 27.5 Å². The highest BCUT2D eigenvalue weighted by Crippen LogP contribution is 2.32. The van der Waals surface area contributed by atoms with E-state index in [1.54, 1.807) is 24.4 Å². The maximum Gasteiger partial charge on any atom is 0.255 e. The third-order valence-electron chi connectivity index (χ3n) is 2.91. The molecule has 0 bridgehead atoms. The van der Waals surface area contributed by atoms with Crippen LogP contribution in [-0.4, -0.2) is 17.7 Å². The standard InChI is InChI=1S/C14H11BrN2O3/c1-8-4-10(6-16-13(8)15)17-14(18)9-2-3-11-12(5-9)20-7-19-11/h2-6H,7H2,1H3,(H,17,18). The third kappa shape index (κ3) is 2.46. The summed E-state index contributed by atoms with van der Waals surface area (Å²) >= 11 is 3.32. The highest BCUT2D eigenvalue weighted by molar-refractivity contribution is 9.10. The van der Waals surface area contributed by atoms with Gasteiger partial charge in [0, 0.05) is 5.56 Å². The molecule has 102 valence electrons. The first-order valence-electron chi connectivity index (χ1n) is 5.96. The van der Waals surface area contributed by atoms with E-state index in [0.717, 1.165) is 10.2 Å². The van der Waals surface area contributed by atoms with Crippen LogP contribution in [0.5, 0.6) is 11.5 Å². The molecule has 2 heterocycles. The molecule has 6 heteroatoms. The van der Waals surface area contributed by atoms with Crippen LogP contribution < -0.4 is 14.8 Å². The maximum atomic E-state index is 12.2. The van der Waals surface area contributed by atoms with E-state index in [0.29, 0.717) is 22.7 Å². The molecule has 1 amide bonds. The van der Waals surface area contributed by atoms with Gasteiger partial charge < -0.3 is 14.8 Å². The number of hydrogen-bond donors (Lipinski definition) is 1. The fourth-order valence-electron chi connectivity index (χ4n) is 1.87. The number of fused-ring (bicyclic) bond motifs is 1. The monoisotopic (exact) mass is 334 g/mol. The van der Waals surface area contributed by atoms with Gasteiger partial charge in [-0.05, 0) is 52.7 Å². The number of anilines is 1. The van der Waals surface area contributed by atoms with E-state index in [2.05, 4.69) is 26.2 Å². The predicted molar refractivity (Wildman–Crippen MR) is 77.2 cm³/mol. The molecular weight excluding hydrogens is 324 g/mol. The summed E-state index contributed by atoms with van der Waals surface area (Å²) in [5, 5.41) is 2.80. The number of nitrogens with one attached hydrogen (secondary N) is 1. The molecule has 0 saturated heterocycles. The summed E-state index contributed by atoms with van der Waals surface area (Å²) in [5.41, 5.74) is 2.11. The highest BCUT2D eigenvalue weighted by Gasteiger charge is 2.16. The van der Waals surface area contributed by atoms with Crippen LogP contribution in [0, 0.1) is 6.92 Å². The summed E-state index contributed by atoms with van der Waals surface area (Å²) in [6.45, 7) is 2.10. The van der Waals surface area contributed by atoms with Crippen molar-refractivity contribution in [2.24, 2.45) is 0 Å². The number of aromatic nitrogens is 1. The lowest BCUT2D eigenvalue weighted by Gasteiger charge is -2.07. The first-order chi connectivity index (χ1) is 9.63. The minimum Gasteiger partial charge on any atom is -0.454 e. The molecule has 2 aromatic rings. The van der Waals surface area contributed by atoms with Crippen molar-refractivity contribution in [2.45, 2.75) is 6.92 Å². The normalized spacial score (nSPS) is 12.3. The molecule has 20 heavy (non-hydrogen) atoms. The van der Waals surface area contributed by atoms with Crippen LogP contribution in [0.1, 0.15) is 15.9 Å². The number of nitrogens with zero attached hydrogens (tertiary/aromatic N) is 1. The lowest BCUT2D eigenvalue weighted by Crippen LogP contribution is -2.12. The topological polar surface area (TPSA) is 60.5 Å². The van der Waals surface area contributed by atoms with Gasteiger partial charge in [-0.3, -0.25) is 4.79 Å². The van der Waals surface area contributed by atoms with E-state index in [1.165, 1.54) is 0 Å². The SMILES string of the molecule is Cc1cc(NC(=O)c2ccc3c(c2)OCO3)cnc1Br. The summed E-state index contributed by atoms with van der Waals surface area (Å²) in [7, 11) is 0. The maximum absolute atomic E-state index is 12.2. The Labute approximate surface area is 124 Å². The average Bonchev–Trinajstić information content (AvgIpc) is 2.90. The van der Waals surface area contributed by atoms with Crippen molar-refractivity contribution in [3.05, 3.63) is 46.2 Å². The molecule has 0 spiro atoms.